The highest BCUT2D eigenvalue weighted by Crippen LogP contribution is 2.25. The molecule has 0 bridgehead atoms. The second-order valence-corrected chi connectivity index (χ2v) is 4.78. The summed E-state index contributed by atoms with van der Waals surface area (Å²) < 4.78 is 5.38. The second-order valence-electron chi connectivity index (χ2n) is 4.78. The van der Waals surface area contributed by atoms with Crippen LogP contribution in [0.2, 0.25) is 0 Å². The molecule has 98 valence electrons. The van der Waals surface area contributed by atoms with Gasteiger partial charge in [-0.15, -0.1) is 0 Å². The van der Waals surface area contributed by atoms with Gasteiger partial charge in [-0.3, -0.25) is 10.1 Å². The molecule has 0 saturated carbocycles. The van der Waals surface area contributed by atoms with Crippen molar-refractivity contribution in [3.63, 3.8) is 0 Å². The first kappa shape index (κ1) is 12.0. The molecule has 1 saturated heterocycles. The lowest BCUT2D eigenvalue weighted by Crippen LogP contribution is -2.31. The van der Waals surface area contributed by atoms with Gasteiger partial charge in [0.25, 0.3) is 0 Å². The van der Waals surface area contributed by atoms with E-state index in [4.69, 9.17) is 4.42 Å². The van der Waals surface area contributed by atoms with Crippen molar-refractivity contribution in [2.45, 2.75) is 18.6 Å². The minimum absolute atomic E-state index is 0.102. The van der Waals surface area contributed by atoms with E-state index in [9.17, 15) is 4.79 Å². The Morgan fingerprint density at radius 2 is 2.00 bits per heavy atom. The summed E-state index contributed by atoms with van der Waals surface area (Å²) in [4.78, 5) is 13.9. The van der Waals surface area contributed by atoms with Crippen LogP contribution in [-0.4, -0.2) is 23.9 Å². The summed E-state index contributed by atoms with van der Waals surface area (Å²) in [6.07, 6.45) is 2.15. The molecule has 4 nitrogen and oxygen atoms in total. The van der Waals surface area contributed by atoms with Gasteiger partial charge in [-0.25, -0.2) is 0 Å². The molecular formula is C15H16N2O2. The molecule has 19 heavy (non-hydrogen) atoms. The number of carbonyl (C=O) groups is 1. The summed E-state index contributed by atoms with van der Waals surface area (Å²) in [6, 6.07) is 13.6. The number of hydrogen-bond donors (Lipinski definition) is 1. The van der Waals surface area contributed by atoms with E-state index >= 15 is 0 Å². The van der Waals surface area contributed by atoms with Crippen LogP contribution >= 0.6 is 0 Å². The molecule has 1 aromatic carbocycles. The average molecular weight is 256 g/mol. The maximum absolute atomic E-state index is 12.2. The Morgan fingerprint density at radius 3 is 2.68 bits per heavy atom. The fourth-order valence-electron chi connectivity index (χ4n) is 2.46. The zero-order valence-corrected chi connectivity index (χ0v) is 10.7. The topological polar surface area (TPSA) is 45.5 Å². The minimum Gasteiger partial charge on any atom is -0.466 e. The Balaban J connectivity index is 1.76. The number of nitrogens with one attached hydrogen (secondary N) is 1. The zero-order valence-electron chi connectivity index (χ0n) is 10.7. The normalized spacial score (nSPS) is 23.0. The molecule has 2 heterocycles. The van der Waals surface area contributed by atoms with Gasteiger partial charge in [0.15, 0.2) is 0 Å². The maximum Gasteiger partial charge on any atom is 0.241 e. The molecule has 1 fully saturated rings. The maximum atomic E-state index is 12.2. The molecule has 0 aliphatic carbocycles. The van der Waals surface area contributed by atoms with E-state index in [2.05, 4.69) is 5.32 Å². The predicted molar refractivity (Wildman–Crippen MR) is 71.3 cm³/mol. The number of likely N-dealkylation sites (N-methyl/N-ethyl adjacent to an activating group) is 1. The molecule has 2 unspecified atom stereocenters. The molecule has 1 aromatic heterocycles. The Bertz CT molecular complexity index is 551. The van der Waals surface area contributed by atoms with Gasteiger partial charge in [0.05, 0.1) is 12.3 Å². The van der Waals surface area contributed by atoms with E-state index in [0.29, 0.717) is 6.42 Å². The van der Waals surface area contributed by atoms with Crippen molar-refractivity contribution >= 4 is 5.91 Å². The lowest BCUT2D eigenvalue weighted by atomic mass is 10.1. The number of benzene rings is 1. The SMILES string of the molecule is CN1C(=O)C(Cc2ccccc2)NC1c1ccco1. The summed E-state index contributed by atoms with van der Waals surface area (Å²) >= 11 is 0. The fourth-order valence-corrected chi connectivity index (χ4v) is 2.46. The number of amides is 1. The van der Waals surface area contributed by atoms with Crippen LogP contribution in [0.4, 0.5) is 0 Å². The number of nitrogens with zero attached hydrogens (tertiary/aromatic N) is 1. The minimum atomic E-state index is -0.192. The molecule has 0 radical (unpaired) electrons. The van der Waals surface area contributed by atoms with Crippen LogP contribution in [0.3, 0.4) is 0 Å². The van der Waals surface area contributed by atoms with E-state index in [-0.39, 0.29) is 18.1 Å². The third-order valence-electron chi connectivity index (χ3n) is 3.49. The van der Waals surface area contributed by atoms with Crippen molar-refractivity contribution in [1.82, 2.24) is 10.2 Å². The summed E-state index contributed by atoms with van der Waals surface area (Å²) in [7, 11) is 1.80. The molecule has 1 aliphatic rings. The molecule has 0 spiro atoms. The summed E-state index contributed by atoms with van der Waals surface area (Å²) in [5, 5.41) is 3.32. The van der Waals surface area contributed by atoms with Crippen LogP contribution in [-0.2, 0) is 11.2 Å². The molecule has 4 heteroatoms. The summed E-state index contributed by atoms with van der Waals surface area (Å²) in [5.41, 5.74) is 1.15. The van der Waals surface area contributed by atoms with E-state index in [1.165, 1.54) is 0 Å². The third kappa shape index (κ3) is 2.27. The van der Waals surface area contributed by atoms with Crippen molar-refractivity contribution < 1.29 is 9.21 Å². The van der Waals surface area contributed by atoms with Gasteiger partial charge < -0.3 is 9.32 Å². The van der Waals surface area contributed by atoms with Gasteiger partial charge in [-0.1, -0.05) is 30.3 Å². The van der Waals surface area contributed by atoms with Crippen LogP contribution in [0.15, 0.2) is 53.1 Å². The second kappa shape index (κ2) is 4.90. The van der Waals surface area contributed by atoms with Crippen molar-refractivity contribution in [3.05, 3.63) is 60.1 Å². The highest BCUT2D eigenvalue weighted by atomic mass is 16.3. The Morgan fingerprint density at radius 1 is 1.21 bits per heavy atom. The molecule has 2 aromatic rings. The quantitative estimate of drug-likeness (QED) is 0.913. The van der Waals surface area contributed by atoms with Gasteiger partial charge in [-0.2, -0.15) is 0 Å². The van der Waals surface area contributed by atoms with E-state index < -0.39 is 0 Å². The summed E-state index contributed by atoms with van der Waals surface area (Å²) in [6.45, 7) is 0. The van der Waals surface area contributed by atoms with Crippen LogP contribution in [0.1, 0.15) is 17.5 Å². The lowest BCUT2D eigenvalue weighted by molar-refractivity contribution is -0.128. The highest BCUT2D eigenvalue weighted by Gasteiger charge is 2.38. The van der Waals surface area contributed by atoms with Gasteiger partial charge in [0, 0.05) is 7.05 Å². The molecule has 1 aliphatic heterocycles. The predicted octanol–water partition coefficient (Wildman–Crippen LogP) is 1.95. The van der Waals surface area contributed by atoms with Crippen LogP contribution in [0.5, 0.6) is 0 Å². The molecule has 2 atom stereocenters. The first-order chi connectivity index (χ1) is 9.25. The number of carbonyl (C=O) groups excluding carboxylic acids is 1. The van der Waals surface area contributed by atoms with Crippen molar-refractivity contribution in [1.29, 1.82) is 0 Å². The third-order valence-corrected chi connectivity index (χ3v) is 3.49. The van der Waals surface area contributed by atoms with Gasteiger partial charge in [-0.05, 0) is 24.1 Å². The first-order valence-electron chi connectivity index (χ1n) is 6.36. The van der Waals surface area contributed by atoms with Crippen LogP contribution in [0.25, 0.3) is 0 Å². The zero-order chi connectivity index (χ0) is 13.2. The molecule has 1 N–H and O–H groups in total. The Labute approximate surface area is 112 Å². The van der Waals surface area contributed by atoms with Gasteiger partial charge in [0.2, 0.25) is 5.91 Å². The van der Waals surface area contributed by atoms with Gasteiger partial charge >= 0.3 is 0 Å². The lowest BCUT2D eigenvalue weighted by Gasteiger charge is -2.16. The van der Waals surface area contributed by atoms with E-state index in [1.54, 1.807) is 18.2 Å². The van der Waals surface area contributed by atoms with E-state index in [1.807, 2.05) is 42.5 Å². The Kier molecular flexibility index (Phi) is 3.09. The smallest absolute Gasteiger partial charge is 0.241 e. The van der Waals surface area contributed by atoms with Gasteiger partial charge in [0.1, 0.15) is 11.9 Å². The van der Waals surface area contributed by atoms with E-state index in [0.717, 1.165) is 11.3 Å². The molecular weight excluding hydrogens is 240 g/mol. The van der Waals surface area contributed by atoms with Crippen molar-refractivity contribution in [2.75, 3.05) is 7.05 Å². The van der Waals surface area contributed by atoms with Crippen LogP contribution in [0, 0.1) is 0 Å². The summed E-state index contributed by atoms with van der Waals surface area (Å²) in [5.74, 6) is 0.872. The number of hydrogen-bond acceptors (Lipinski definition) is 3. The number of rotatable bonds is 3. The molecule has 3 rings (SSSR count). The standard InChI is InChI=1S/C15H16N2O2/c1-17-14(13-8-5-9-19-13)16-12(15(17)18)10-11-6-3-2-4-7-11/h2-9,12,14,16H,10H2,1H3. The fraction of sp³-hybridized carbons (Fsp3) is 0.267. The Hall–Kier alpha value is -2.07. The monoisotopic (exact) mass is 256 g/mol. The van der Waals surface area contributed by atoms with Crippen molar-refractivity contribution in [2.24, 2.45) is 0 Å². The highest BCUT2D eigenvalue weighted by molar-refractivity contribution is 5.84. The first-order valence-corrected chi connectivity index (χ1v) is 6.36. The molecule has 1 amide bonds. The largest absolute Gasteiger partial charge is 0.466 e. The van der Waals surface area contributed by atoms with Crippen molar-refractivity contribution in [3.8, 4) is 0 Å². The van der Waals surface area contributed by atoms with Crippen LogP contribution < -0.4 is 5.32 Å². The number of furan rings is 1. The average Bonchev–Trinajstić information content (AvgIpc) is 3.04.